The minimum atomic E-state index is -4.36. The lowest BCUT2D eigenvalue weighted by atomic mass is 10.1. The molecule has 0 atom stereocenters. The van der Waals surface area contributed by atoms with Crippen LogP contribution in [-0.2, 0) is 23.9 Å². The van der Waals surface area contributed by atoms with Gasteiger partial charge in [0.1, 0.15) is 17.3 Å². The van der Waals surface area contributed by atoms with E-state index in [1.807, 2.05) is 31.2 Å². The molecule has 0 saturated carbocycles. The van der Waals surface area contributed by atoms with Crippen LogP contribution >= 0.6 is 11.3 Å². The smallest absolute Gasteiger partial charge is 0.416 e. The molecule has 5 nitrogen and oxygen atoms in total. The fourth-order valence-corrected chi connectivity index (χ4v) is 4.43. The molecule has 4 rings (SSSR count). The fourth-order valence-electron chi connectivity index (χ4n) is 3.38. The Morgan fingerprint density at radius 1 is 1.16 bits per heavy atom. The number of carbonyl (C=O) groups is 1. The molecule has 0 aliphatic rings. The average molecular weight is 460 g/mol. The van der Waals surface area contributed by atoms with Gasteiger partial charge in [-0.1, -0.05) is 12.1 Å². The van der Waals surface area contributed by atoms with E-state index in [1.165, 1.54) is 23.5 Å². The molecule has 2 heterocycles. The van der Waals surface area contributed by atoms with Crippen molar-refractivity contribution in [3.8, 4) is 16.3 Å². The van der Waals surface area contributed by atoms with E-state index in [9.17, 15) is 18.0 Å². The summed E-state index contributed by atoms with van der Waals surface area (Å²) < 4.78 is 45.8. The van der Waals surface area contributed by atoms with Crippen molar-refractivity contribution >= 4 is 28.2 Å². The zero-order valence-corrected chi connectivity index (χ0v) is 17.8. The molecular formula is C23H19F3N2O3S. The third kappa shape index (κ3) is 4.77. The van der Waals surface area contributed by atoms with Crippen molar-refractivity contribution in [2.45, 2.75) is 26.1 Å². The van der Waals surface area contributed by atoms with E-state index >= 15 is 0 Å². The minimum Gasteiger partial charge on any atom is -0.493 e. The highest BCUT2D eigenvalue weighted by atomic mass is 32.1. The number of benzene rings is 2. The van der Waals surface area contributed by atoms with Gasteiger partial charge in [-0.3, -0.25) is 4.79 Å². The summed E-state index contributed by atoms with van der Waals surface area (Å²) in [6.45, 7) is 2.13. The lowest BCUT2D eigenvalue weighted by Crippen LogP contribution is -2.07. The third-order valence-electron chi connectivity index (χ3n) is 5.00. The van der Waals surface area contributed by atoms with E-state index in [-0.39, 0.29) is 6.54 Å². The fraction of sp³-hybridized carbons (Fsp3) is 0.217. The van der Waals surface area contributed by atoms with Crippen molar-refractivity contribution in [1.29, 1.82) is 0 Å². The third-order valence-corrected chi connectivity index (χ3v) is 6.27. The second-order valence-electron chi connectivity index (χ2n) is 7.26. The Kier molecular flexibility index (Phi) is 5.92. The van der Waals surface area contributed by atoms with Crippen LogP contribution in [0.3, 0.4) is 0 Å². The average Bonchev–Trinajstić information content (AvgIpc) is 3.30. The molecule has 0 fully saturated rings. The van der Waals surface area contributed by atoms with Crippen molar-refractivity contribution in [1.82, 2.24) is 9.55 Å². The zero-order valence-electron chi connectivity index (χ0n) is 17.0. The first-order valence-electron chi connectivity index (χ1n) is 9.78. The van der Waals surface area contributed by atoms with Crippen LogP contribution in [0.5, 0.6) is 5.75 Å². The quantitative estimate of drug-likeness (QED) is 0.379. The second kappa shape index (κ2) is 8.66. The number of rotatable bonds is 7. The maximum absolute atomic E-state index is 12.8. The molecular weight excluding hydrogens is 441 g/mol. The molecule has 9 heteroatoms. The number of alkyl halides is 3. The van der Waals surface area contributed by atoms with Gasteiger partial charge in [-0.05, 0) is 42.6 Å². The van der Waals surface area contributed by atoms with Gasteiger partial charge in [0.15, 0.2) is 0 Å². The Hall–Kier alpha value is -3.33. The standard InChI is InChI=1S/C23H19F3N2O3S/c1-14-20(32-22(27-14)16-2-5-17(6-3-16)23(24,25)26)9-11-31-18-7-4-15-8-10-28(13-21(29)30)19(15)12-18/h2-8,10,12H,9,11,13H2,1H3,(H,29,30). The summed E-state index contributed by atoms with van der Waals surface area (Å²) >= 11 is 1.43. The zero-order chi connectivity index (χ0) is 22.9. The van der Waals surface area contributed by atoms with Crippen molar-refractivity contribution in [2.24, 2.45) is 0 Å². The molecule has 0 spiro atoms. The molecule has 0 unspecified atom stereocenters. The summed E-state index contributed by atoms with van der Waals surface area (Å²) in [6, 6.07) is 12.4. The van der Waals surface area contributed by atoms with Gasteiger partial charge in [-0.25, -0.2) is 4.98 Å². The number of hydrogen-bond acceptors (Lipinski definition) is 4. The minimum absolute atomic E-state index is 0.125. The molecule has 0 amide bonds. The number of aryl methyl sites for hydroxylation is 1. The van der Waals surface area contributed by atoms with E-state index in [0.29, 0.717) is 29.3 Å². The SMILES string of the molecule is Cc1nc(-c2ccc(C(F)(F)F)cc2)sc1CCOc1ccc2ccn(CC(=O)O)c2c1. The summed E-state index contributed by atoms with van der Waals surface area (Å²) in [7, 11) is 0. The Bertz CT molecular complexity index is 1260. The van der Waals surface area contributed by atoms with Crippen molar-refractivity contribution in [3.63, 3.8) is 0 Å². The van der Waals surface area contributed by atoms with Crippen molar-refractivity contribution in [2.75, 3.05) is 6.61 Å². The first kappa shape index (κ1) is 21.9. The summed E-state index contributed by atoms with van der Waals surface area (Å²) in [4.78, 5) is 16.5. The molecule has 4 aromatic rings. The number of carboxylic acid groups (broad SMARTS) is 1. The van der Waals surface area contributed by atoms with E-state index in [4.69, 9.17) is 9.84 Å². The number of aliphatic carboxylic acids is 1. The molecule has 0 aliphatic heterocycles. The van der Waals surface area contributed by atoms with Crippen LogP contribution in [0.1, 0.15) is 16.1 Å². The number of hydrogen-bond donors (Lipinski definition) is 1. The van der Waals surface area contributed by atoms with Gasteiger partial charge in [0, 0.05) is 29.1 Å². The molecule has 0 radical (unpaired) electrons. The molecule has 0 bridgehead atoms. The first-order valence-corrected chi connectivity index (χ1v) is 10.6. The summed E-state index contributed by atoms with van der Waals surface area (Å²) in [5, 5.41) is 10.6. The van der Waals surface area contributed by atoms with Crippen LogP contribution in [0.15, 0.2) is 54.7 Å². The van der Waals surface area contributed by atoms with Gasteiger partial charge in [0.25, 0.3) is 0 Å². The largest absolute Gasteiger partial charge is 0.493 e. The topological polar surface area (TPSA) is 64.4 Å². The molecule has 0 aliphatic carbocycles. The summed E-state index contributed by atoms with van der Waals surface area (Å²) in [5.74, 6) is -0.286. The predicted octanol–water partition coefficient (Wildman–Crippen LogP) is 5.80. The van der Waals surface area contributed by atoms with Gasteiger partial charge in [0.2, 0.25) is 0 Å². The van der Waals surface area contributed by atoms with Crippen LogP contribution in [0.25, 0.3) is 21.5 Å². The predicted molar refractivity (Wildman–Crippen MR) is 116 cm³/mol. The van der Waals surface area contributed by atoms with Gasteiger partial charge in [-0.2, -0.15) is 13.2 Å². The molecule has 2 aromatic carbocycles. The van der Waals surface area contributed by atoms with Crippen LogP contribution in [0.2, 0.25) is 0 Å². The highest BCUT2D eigenvalue weighted by molar-refractivity contribution is 7.15. The molecule has 32 heavy (non-hydrogen) atoms. The van der Waals surface area contributed by atoms with Crippen molar-refractivity contribution < 1.29 is 27.8 Å². The Morgan fingerprint density at radius 3 is 2.59 bits per heavy atom. The summed E-state index contributed by atoms with van der Waals surface area (Å²) in [6.07, 6.45) is -2.04. The summed E-state index contributed by atoms with van der Waals surface area (Å²) in [5.41, 5.74) is 1.56. The second-order valence-corrected chi connectivity index (χ2v) is 8.34. The molecule has 166 valence electrons. The highest BCUT2D eigenvalue weighted by Crippen LogP contribution is 2.33. The number of aromatic nitrogens is 2. The number of carboxylic acids is 1. The lowest BCUT2D eigenvalue weighted by molar-refractivity contribution is -0.138. The first-order chi connectivity index (χ1) is 15.2. The van der Waals surface area contributed by atoms with E-state index in [0.717, 1.165) is 33.6 Å². The number of halogens is 3. The van der Waals surface area contributed by atoms with E-state index in [1.54, 1.807) is 10.8 Å². The van der Waals surface area contributed by atoms with E-state index in [2.05, 4.69) is 4.98 Å². The number of thiazole rings is 1. The highest BCUT2D eigenvalue weighted by Gasteiger charge is 2.30. The van der Waals surface area contributed by atoms with Crippen LogP contribution in [0, 0.1) is 6.92 Å². The number of fused-ring (bicyclic) bond motifs is 1. The van der Waals surface area contributed by atoms with Gasteiger partial charge in [0.05, 0.1) is 23.4 Å². The monoisotopic (exact) mass is 460 g/mol. The maximum atomic E-state index is 12.8. The maximum Gasteiger partial charge on any atom is 0.416 e. The van der Waals surface area contributed by atoms with Gasteiger partial charge in [-0.15, -0.1) is 11.3 Å². The van der Waals surface area contributed by atoms with E-state index < -0.39 is 17.7 Å². The van der Waals surface area contributed by atoms with Gasteiger partial charge >= 0.3 is 12.1 Å². The lowest BCUT2D eigenvalue weighted by Gasteiger charge is -2.07. The number of ether oxygens (including phenoxy) is 1. The Labute approximate surface area is 185 Å². The normalized spacial score (nSPS) is 11.8. The van der Waals surface area contributed by atoms with Crippen LogP contribution < -0.4 is 4.74 Å². The molecule has 2 aromatic heterocycles. The Balaban J connectivity index is 1.42. The van der Waals surface area contributed by atoms with Crippen LogP contribution in [0.4, 0.5) is 13.2 Å². The van der Waals surface area contributed by atoms with Crippen molar-refractivity contribution in [3.05, 3.63) is 70.9 Å². The number of nitrogens with zero attached hydrogens (tertiary/aromatic N) is 2. The van der Waals surface area contributed by atoms with Crippen LogP contribution in [-0.4, -0.2) is 27.2 Å². The molecule has 0 saturated heterocycles. The Morgan fingerprint density at radius 2 is 1.91 bits per heavy atom. The van der Waals surface area contributed by atoms with Gasteiger partial charge < -0.3 is 14.4 Å². The molecule has 1 N–H and O–H groups in total.